The predicted molar refractivity (Wildman–Crippen MR) is 112 cm³/mol. The number of hydrazone groups is 1. The first-order valence-corrected chi connectivity index (χ1v) is 9.32. The van der Waals surface area contributed by atoms with Crippen molar-refractivity contribution in [3.63, 3.8) is 0 Å². The Morgan fingerprint density at radius 3 is 2.69 bits per heavy atom. The summed E-state index contributed by atoms with van der Waals surface area (Å²) in [6.07, 6.45) is 2.41. The Kier molecular flexibility index (Phi) is 6.94. The summed E-state index contributed by atoms with van der Waals surface area (Å²) in [5.41, 5.74) is 4.66. The van der Waals surface area contributed by atoms with Gasteiger partial charge in [0.2, 0.25) is 5.95 Å². The van der Waals surface area contributed by atoms with Crippen molar-refractivity contribution < 1.29 is 9.47 Å². The zero-order valence-electron chi connectivity index (χ0n) is 16.4. The second kappa shape index (κ2) is 10.0. The molecule has 2 N–H and O–H groups in total. The quantitative estimate of drug-likeness (QED) is 0.428. The highest BCUT2D eigenvalue weighted by Crippen LogP contribution is 2.28. The van der Waals surface area contributed by atoms with Crippen LogP contribution in [-0.4, -0.2) is 34.6 Å². The minimum Gasteiger partial charge on any atom is -0.490 e. The smallest absolute Gasteiger partial charge is 0.274 e. The zero-order valence-corrected chi connectivity index (χ0v) is 16.4. The second-order valence-corrected chi connectivity index (χ2v) is 6.18. The Bertz CT molecular complexity index is 1020. The van der Waals surface area contributed by atoms with Crippen molar-refractivity contribution in [2.45, 2.75) is 20.3 Å². The van der Waals surface area contributed by atoms with Crippen LogP contribution >= 0.6 is 0 Å². The molecule has 0 atom stereocenters. The Labute approximate surface area is 168 Å². The summed E-state index contributed by atoms with van der Waals surface area (Å²) in [4.78, 5) is 14.1. The van der Waals surface area contributed by atoms with Gasteiger partial charge in [-0.2, -0.15) is 5.10 Å². The van der Waals surface area contributed by atoms with Gasteiger partial charge in [-0.3, -0.25) is 9.78 Å². The van der Waals surface area contributed by atoms with E-state index in [1.54, 1.807) is 13.1 Å². The molecule has 0 saturated carbocycles. The van der Waals surface area contributed by atoms with Gasteiger partial charge < -0.3 is 9.47 Å². The molecule has 3 aromatic rings. The van der Waals surface area contributed by atoms with Crippen LogP contribution in [0.5, 0.6) is 11.5 Å². The summed E-state index contributed by atoms with van der Waals surface area (Å²) >= 11 is 0. The summed E-state index contributed by atoms with van der Waals surface area (Å²) < 4.78 is 11.6. The van der Waals surface area contributed by atoms with Crippen molar-refractivity contribution >= 4 is 12.2 Å². The topological polar surface area (TPSA) is 101 Å². The summed E-state index contributed by atoms with van der Waals surface area (Å²) in [7, 11) is 0. The molecule has 0 aliphatic heterocycles. The van der Waals surface area contributed by atoms with E-state index in [9.17, 15) is 4.79 Å². The lowest BCUT2D eigenvalue weighted by Crippen LogP contribution is -2.15. The van der Waals surface area contributed by atoms with Crippen LogP contribution in [0.2, 0.25) is 0 Å². The molecule has 29 heavy (non-hydrogen) atoms. The number of aromatic nitrogens is 3. The van der Waals surface area contributed by atoms with Gasteiger partial charge in [-0.15, -0.1) is 10.2 Å². The minimum absolute atomic E-state index is 0.169. The lowest BCUT2D eigenvalue weighted by atomic mass is 10.2. The largest absolute Gasteiger partial charge is 0.490 e. The van der Waals surface area contributed by atoms with Gasteiger partial charge >= 0.3 is 0 Å². The molecule has 2 aromatic carbocycles. The van der Waals surface area contributed by atoms with E-state index in [0.29, 0.717) is 30.4 Å². The van der Waals surface area contributed by atoms with Crippen molar-refractivity contribution in [1.29, 1.82) is 0 Å². The number of hydrogen-bond acceptors (Lipinski definition) is 7. The van der Waals surface area contributed by atoms with E-state index in [1.807, 2.05) is 43.3 Å². The molecule has 0 saturated heterocycles. The highest BCUT2D eigenvalue weighted by Gasteiger charge is 2.06. The standard InChI is InChI=1S/C21H23N5O3/c1-3-28-19-13-17(14-22-25-21-23-20(27)15(2)24-26-21)9-10-18(19)29-12-11-16-7-5-4-6-8-16/h4-10,13-14H,3,11-12H2,1-2H3,(H2,23,25,26,27). The molecule has 150 valence electrons. The van der Waals surface area contributed by atoms with Crippen molar-refractivity contribution in [2.24, 2.45) is 5.10 Å². The molecular weight excluding hydrogens is 370 g/mol. The van der Waals surface area contributed by atoms with Crippen LogP contribution in [-0.2, 0) is 6.42 Å². The first-order valence-electron chi connectivity index (χ1n) is 9.32. The summed E-state index contributed by atoms with van der Waals surface area (Å²) in [5, 5.41) is 11.6. The minimum atomic E-state index is -0.312. The number of anilines is 1. The molecular formula is C21H23N5O3. The molecule has 0 unspecified atom stereocenters. The molecule has 0 bridgehead atoms. The number of benzene rings is 2. The molecule has 0 fully saturated rings. The van der Waals surface area contributed by atoms with E-state index in [4.69, 9.17) is 9.47 Å². The van der Waals surface area contributed by atoms with Crippen LogP contribution in [0, 0.1) is 6.92 Å². The maximum absolute atomic E-state index is 11.5. The third-order valence-corrected chi connectivity index (χ3v) is 4.00. The first-order chi connectivity index (χ1) is 14.2. The van der Waals surface area contributed by atoms with E-state index >= 15 is 0 Å². The Morgan fingerprint density at radius 1 is 1.10 bits per heavy atom. The third-order valence-electron chi connectivity index (χ3n) is 4.00. The van der Waals surface area contributed by atoms with Crippen LogP contribution in [0.3, 0.4) is 0 Å². The molecule has 0 aliphatic rings. The summed E-state index contributed by atoms with van der Waals surface area (Å²) in [5.74, 6) is 1.50. The molecule has 8 nitrogen and oxygen atoms in total. The van der Waals surface area contributed by atoms with E-state index in [0.717, 1.165) is 12.0 Å². The summed E-state index contributed by atoms with van der Waals surface area (Å²) in [6, 6.07) is 15.7. The molecule has 1 heterocycles. The normalized spacial score (nSPS) is 10.8. The average Bonchev–Trinajstić information content (AvgIpc) is 2.73. The van der Waals surface area contributed by atoms with E-state index in [2.05, 4.69) is 37.8 Å². The zero-order chi connectivity index (χ0) is 20.5. The van der Waals surface area contributed by atoms with Crippen molar-refractivity contribution in [2.75, 3.05) is 18.6 Å². The summed E-state index contributed by atoms with van der Waals surface area (Å²) in [6.45, 7) is 4.58. The van der Waals surface area contributed by atoms with Gasteiger partial charge in [0.25, 0.3) is 5.56 Å². The fraction of sp³-hybridized carbons (Fsp3) is 0.238. The number of nitrogens with one attached hydrogen (secondary N) is 2. The fourth-order valence-corrected chi connectivity index (χ4v) is 2.53. The van der Waals surface area contributed by atoms with Crippen LogP contribution in [0.4, 0.5) is 5.95 Å². The number of ether oxygens (including phenoxy) is 2. The van der Waals surface area contributed by atoms with Crippen molar-refractivity contribution in [1.82, 2.24) is 15.2 Å². The Balaban J connectivity index is 1.63. The second-order valence-electron chi connectivity index (χ2n) is 6.18. The lowest BCUT2D eigenvalue weighted by molar-refractivity contribution is 0.279. The highest BCUT2D eigenvalue weighted by molar-refractivity contribution is 5.81. The van der Waals surface area contributed by atoms with Gasteiger partial charge in [0.05, 0.1) is 19.4 Å². The molecule has 0 spiro atoms. The lowest BCUT2D eigenvalue weighted by Gasteiger charge is -2.12. The van der Waals surface area contributed by atoms with Gasteiger partial charge in [0.1, 0.15) is 5.69 Å². The maximum Gasteiger partial charge on any atom is 0.274 e. The molecule has 8 heteroatoms. The molecule has 0 radical (unpaired) electrons. The van der Waals surface area contributed by atoms with Gasteiger partial charge in [-0.25, -0.2) is 5.43 Å². The fourth-order valence-electron chi connectivity index (χ4n) is 2.53. The molecule has 0 amide bonds. The predicted octanol–water partition coefficient (Wildman–Crippen LogP) is 2.94. The third kappa shape index (κ3) is 5.90. The van der Waals surface area contributed by atoms with Crippen molar-refractivity contribution in [3.05, 3.63) is 75.7 Å². The van der Waals surface area contributed by atoms with Gasteiger partial charge in [0.15, 0.2) is 11.5 Å². The number of nitrogens with zero attached hydrogens (tertiary/aromatic N) is 3. The van der Waals surface area contributed by atoms with Gasteiger partial charge in [0, 0.05) is 6.42 Å². The van der Waals surface area contributed by atoms with Crippen LogP contribution in [0.15, 0.2) is 58.4 Å². The van der Waals surface area contributed by atoms with Gasteiger partial charge in [-0.05, 0) is 43.2 Å². The van der Waals surface area contributed by atoms with Crippen LogP contribution in [0.25, 0.3) is 0 Å². The monoisotopic (exact) mass is 393 g/mol. The SMILES string of the molecule is CCOc1cc(C=NNc2nnc(C)c(=O)[nH]2)ccc1OCCc1ccccc1. The molecule has 3 rings (SSSR count). The van der Waals surface area contributed by atoms with Crippen LogP contribution < -0.4 is 20.5 Å². The number of aryl methyl sites for hydroxylation is 1. The van der Waals surface area contributed by atoms with Crippen LogP contribution in [0.1, 0.15) is 23.7 Å². The van der Waals surface area contributed by atoms with E-state index in [-0.39, 0.29) is 11.5 Å². The molecule has 1 aromatic heterocycles. The number of H-pyrrole nitrogens is 1. The Morgan fingerprint density at radius 2 is 1.93 bits per heavy atom. The number of rotatable bonds is 9. The maximum atomic E-state index is 11.5. The average molecular weight is 393 g/mol. The van der Waals surface area contributed by atoms with Gasteiger partial charge in [-0.1, -0.05) is 30.3 Å². The molecule has 0 aliphatic carbocycles. The van der Waals surface area contributed by atoms with E-state index in [1.165, 1.54) is 5.56 Å². The van der Waals surface area contributed by atoms with E-state index < -0.39 is 0 Å². The number of aromatic amines is 1. The van der Waals surface area contributed by atoms with Crippen molar-refractivity contribution in [3.8, 4) is 11.5 Å². The first kappa shape index (κ1) is 20.1. The highest BCUT2D eigenvalue weighted by atomic mass is 16.5. The Hall–Kier alpha value is -3.68. The number of hydrogen-bond donors (Lipinski definition) is 2.